The number of nitro benzene ring substituents is 1. The smallest absolute Gasteiger partial charge is 0.270 e. The zero-order valence-electron chi connectivity index (χ0n) is 11.3. The Labute approximate surface area is 120 Å². The van der Waals surface area contributed by atoms with Crippen LogP contribution in [0.2, 0.25) is 0 Å². The van der Waals surface area contributed by atoms with Crippen molar-refractivity contribution in [2.24, 2.45) is 0 Å². The van der Waals surface area contributed by atoms with Gasteiger partial charge in [0.2, 0.25) is 0 Å². The molecule has 0 radical (unpaired) electrons. The minimum Gasteiger partial charge on any atom is -0.359 e. The summed E-state index contributed by atoms with van der Waals surface area (Å²) in [5.41, 5.74) is 1.29. The third-order valence-corrected chi connectivity index (χ3v) is 3.39. The van der Waals surface area contributed by atoms with Gasteiger partial charge in [-0.05, 0) is 25.8 Å². The molecule has 108 valence electrons. The number of amides is 1. The van der Waals surface area contributed by atoms with Crippen molar-refractivity contribution in [3.8, 4) is 0 Å². The second-order valence-electron chi connectivity index (χ2n) is 5.04. The van der Waals surface area contributed by atoms with Crippen LogP contribution < -0.4 is 5.32 Å². The van der Waals surface area contributed by atoms with E-state index in [1.165, 1.54) is 24.3 Å². The summed E-state index contributed by atoms with van der Waals surface area (Å²) in [5.74, 6) is 0.588. The maximum atomic E-state index is 12.2. The number of benzene rings is 1. The zero-order chi connectivity index (χ0) is 15.0. The van der Waals surface area contributed by atoms with Crippen molar-refractivity contribution in [2.75, 3.05) is 5.32 Å². The van der Waals surface area contributed by atoms with E-state index < -0.39 is 10.8 Å². The Hall–Kier alpha value is -2.70. The summed E-state index contributed by atoms with van der Waals surface area (Å²) in [4.78, 5) is 22.4. The first kappa shape index (κ1) is 13.3. The topological polar surface area (TPSA) is 98.3 Å². The molecule has 1 amide bonds. The number of aromatic nitrogens is 1. The molecule has 3 rings (SSSR count). The highest BCUT2D eigenvalue weighted by atomic mass is 16.6. The number of aryl methyl sites for hydroxylation is 1. The third kappa shape index (κ3) is 2.62. The highest BCUT2D eigenvalue weighted by Gasteiger charge is 2.32. The standard InChI is InChI=1S/C14H13N3O4/c1-8-12(13(21-16-8)9-5-6-9)15-14(18)10-3-2-4-11(7-10)17(19)20/h2-4,7,9H,5-6H2,1H3,(H,15,18). The number of hydrogen-bond donors (Lipinski definition) is 1. The first-order chi connectivity index (χ1) is 10.1. The van der Waals surface area contributed by atoms with E-state index in [1.807, 2.05) is 0 Å². The minimum atomic E-state index is -0.531. The lowest BCUT2D eigenvalue weighted by molar-refractivity contribution is -0.384. The maximum Gasteiger partial charge on any atom is 0.270 e. The Morgan fingerprint density at radius 1 is 1.48 bits per heavy atom. The number of nitrogens with zero attached hydrogens (tertiary/aromatic N) is 2. The van der Waals surface area contributed by atoms with Gasteiger partial charge in [0.1, 0.15) is 11.4 Å². The fraction of sp³-hybridized carbons (Fsp3) is 0.286. The quantitative estimate of drug-likeness (QED) is 0.688. The Bertz CT molecular complexity index is 719. The summed E-state index contributed by atoms with van der Waals surface area (Å²) in [6.45, 7) is 1.75. The van der Waals surface area contributed by atoms with Crippen LogP contribution in [-0.4, -0.2) is 16.0 Å². The molecule has 0 aliphatic heterocycles. The van der Waals surface area contributed by atoms with Crippen LogP contribution in [0.3, 0.4) is 0 Å². The Balaban J connectivity index is 1.85. The molecule has 21 heavy (non-hydrogen) atoms. The van der Waals surface area contributed by atoms with Crippen LogP contribution in [0.5, 0.6) is 0 Å². The van der Waals surface area contributed by atoms with E-state index in [2.05, 4.69) is 10.5 Å². The fourth-order valence-electron chi connectivity index (χ4n) is 2.11. The van der Waals surface area contributed by atoms with Crippen LogP contribution in [0.25, 0.3) is 0 Å². The molecule has 1 fully saturated rings. The second-order valence-corrected chi connectivity index (χ2v) is 5.04. The summed E-state index contributed by atoms with van der Waals surface area (Å²) in [5, 5.41) is 17.4. The number of nitrogens with one attached hydrogen (secondary N) is 1. The number of rotatable bonds is 4. The monoisotopic (exact) mass is 287 g/mol. The predicted octanol–water partition coefficient (Wildman–Crippen LogP) is 3.02. The summed E-state index contributed by atoms with van der Waals surface area (Å²) in [6, 6.07) is 5.60. The molecule has 1 aromatic heterocycles. The zero-order valence-corrected chi connectivity index (χ0v) is 11.3. The normalized spacial score (nSPS) is 14.0. The van der Waals surface area contributed by atoms with E-state index in [0.29, 0.717) is 23.1 Å². The van der Waals surface area contributed by atoms with Gasteiger partial charge in [0.25, 0.3) is 11.6 Å². The van der Waals surface area contributed by atoms with E-state index >= 15 is 0 Å². The molecule has 1 aliphatic rings. The van der Waals surface area contributed by atoms with Gasteiger partial charge in [0.15, 0.2) is 5.76 Å². The van der Waals surface area contributed by atoms with Crippen LogP contribution in [0, 0.1) is 17.0 Å². The summed E-state index contributed by atoms with van der Waals surface area (Å²) in [7, 11) is 0. The van der Waals surface area contributed by atoms with Gasteiger partial charge in [-0.15, -0.1) is 0 Å². The van der Waals surface area contributed by atoms with Crippen LogP contribution in [0.15, 0.2) is 28.8 Å². The lowest BCUT2D eigenvalue weighted by atomic mass is 10.1. The van der Waals surface area contributed by atoms with Gasteiger partial charge in [-0.2, -0.15) is 0 Å². The van der Waals surface area contributed by atoms with E-state index in [9.17, 15) is 14.9 Å². The van der Waals surface area contributed by atoms with Crippen LogP contribution in [0.4, 0.5) is 11.4 Å². The molecular weight excluding hydrogens is 274 g/mol. The van der Waals surface area contributed by atoms with Crippen molar-refractivity contribution in [3.63, 3.8) is 0 Å². The molecule has 7 heteroatoms. The second kappa shape index (κ2) is 5.01. The molecule has 0 bridgehead atoms. The Morgan fingerprint density at radius 2 is 2.24 bits per heavy atom. The lowest BCUT2D eigenvalue weighted by Gasteiger charge is -2.05. The molecule has 0 atom stereocenters. The average molecular weight is 287 g/mol. The van der Waals surface area contributed by atoms with Gasteiger partial charge in [0.05, 0.1) is 4.92 Å². The number of carbonyl (C=O) groups is 1. The number of anilines is 1. The summed E-state index contributed by atoms with van der Waals surface area (Å²) in [6.07, 6.45) is 2.04. The average Bonchev–Trinajstić information content (AvgIpc) is 3.25. The SMILES string of the molecule is Cc1noc(C2CC2)c1NC(=O)c1cccc([N+](=O)[O-])c1. The molecule has 2 aromatic rings. The molecule has 1 heterocycles. The first-order valence-electron chi connectivity index (χ1n) is 6.58. The largest absolute Gasteiger partial charge is 0.359 e. The van der Waals surface area contributed by atoms with Gasteiger partial charge in [-0.3, -0.25) is 14.9 Å². The third-order valence-electron chi connectivity index (χ3n) is 3.39. The van der Waals surface area contributed by atoms with Crippen LogP contribution in [-0.2, 0) is 0 Å². The van der Waals surface area contributed by atoms with Gasteiger partial charge in [0, 0.05) is 23.6 Å². The highest BCUT2D eigenvalue weighted by molar-refractivity contribution is 6.05. The highest BCUT2D eigenvalue weighted by Crippen LogP contribution is 2.44. The van der Waals surface area contributed by atoms with E-state index in [0.717, 1.165) is 12.8 Å². The van der Waals surface area contributed by atoms with Crippen molar-refractivity contribution < 1.29 is 14.2 Å². The first-order valence-corrected chi connectivity index (χ1v) is 6.58. The molecule has 1 saturated carbocycles. The molecule has 7 nitrogen and oxygen atoms in total. The predicted molar refractivity (Wildman–Crippen MR) is 74.3 cm³/mol. The minimum absolute atomic E-state index is 0.118. The van der Waals surface area contributed by atoms with Gasteiger partial charge in [-0.25, -0.2) is 0 Å². The van der Waals surface area contributed by atoms with E-state index in [4.69, 9.17) is 4.52 Å². The van der Waals surface area contributed by atoms with Gasteiger partial charge in [-0.1, -0.05) is 11.2 Å². The Kier molecular flexibility index (Phi) is 3.17. The van der Waals surface area contributed by atoms with Crippen molar-refractivity contribution in [2.45, 2.75) is 25.7 Å². The molecular formula is C14H13N3O4. The number of carbonyl (C=O) groups excluding carboxylic acids is 1. The van der Waals surface area contributed by atoms with Gasteiger partial charge >= 0.3 is 0 Å². The molecule has 1 aromatic carbocycles. The van der Waals surface area contributed by atoms with Crippen LogP contribution in [0.1, 0.15) is 40.6 Å². The molecule has 1 aliphatic carbocycles. The molecule has 0 saturated heterocycles. The fourth-order valence-corrected chi connectivity index (χ4v) is 2.11. The van der Waals surface area contributed by atoms with Gasteiger partial charge < -0.3 is 9.84 Å². The van der Waals surface area contributed by atoms with E-state index in [-0.39, 0.29) is 11.3 Å². The number of hydrogen-bond acceptors (Lipinski definition) is 5. The Morgan fingerprint density at radius 3 is 2.90 bits per heavy atom. The van der Waals surface area contributed by atoms with Crippen molar-refractivity contribution in [1.29, 1.82) is 0 Å². The van der Waals surface area contributed by atoms with Crippen molar-refractivity contribution in [3.05, 3.63) is 51.4 Å². The molecule has 1 N–H and O–H groups in total. The maximum absolute atomic E-state index is 12.2. The van der Waals surface area contributed by atoms with E-state index in [1.54, 1.807) is 6.92 Å². The number of non-ortho nitro benzene ring substituents is 1. The molecule has 0 spiro atoms. The molecule has 0 unspecified atom stereocenters. The van der Waals surface area contributed by atoms with Crippen molar-refractivity contribution in [1.82, 2.24) is 5.16 Å². The summed E-state index contributed by atoms with van der Waals surface area (Å²) < 4.78 is 5.25. The van der Waals surface area contributed by atoms with Crippen LogP contribution >= 0.6 is 0 Å². The van der Waals surface area contributed by atoms with Crippen molar-refractivity contribution >= 4 is 17.3 Å². The summed E-state index contributed by atoms with van der Waals surface area (Å²) >= 11 is 0. The lowest BCUT2D eigenvalue weighted by Crippen LogP contribution is -2.13. The number of nitro groups is 1.